The van der Waals surface area contributed by atoms with Gasteiger partial charge in [0.25, 0.3) is 0 Å². The maximum Gasteiger partial charge on any atom is 0.244 e. The Bertz CT molecular complexity index is 1060. The number of sulfonamides is 1. The minimum absolute atomic E-state index is 0.178. The van der Waals surface area contributed by atoms with Gasteiger partial charge in [0, 0.05) is 13.1 Å². The predicted octanol–water partition coefficient (Wildman–Crippen LogP) is 3.75. The molecule has 1 N–H and O–H groups in total. The molecule has 9 heteroatoms. The first-order valence-electron chi connectivity index (χ1n) is 10.9. The number of carbonyl (C=O) groups excluding carboxylic acids is 2. The molecule has 2 rings (SSSR count). The zero-order valence-electron chi connectivity index (χ0n) is 19.5. The fourth-order valence-corrected chi connectivity index (χ4v) is 4.57. The number of hydrogen-bond donors (Lipinski definition) is 1. The van der Waals surface area contributed by atoms with Crippen molar-refractivity contribution in [1.82, 2.24) is 10.2 Å². The van der Waals surface area contributed by atoms with E-state index in [2.05, 4.69) is 5.32 Å². The lowest BCUT2D eigenvalue weighted by atomic mass is 10.1. The molecule has 0 fully saturated rings. The predicted molar refractivity (Wildman–Crippen MR) is 133 cm³/mol. The van der Waals surface area contributed by atoms with Crippen LogP contribution in [0.4, 0.5) is 5.69 Å². The number of nitrogens with one attached hydrogen (secondary N) is 1. The van der Waals surface area contributed by atoms with Gasteiger partial charge in [-0.05, 0) is 37.5 Å². The first-order valence-corrected chi connectivity index (χ1v) is 13.2. The standard InChI is InChI=1S/C24H32ClN3O4S/c1-5-15-26-24(30)21(6-2)27(16-19-13-11-18(3)12-14-19)23(29)17-28(33(4,31)32)22-10-8-7-9-20(22)25/h7-14,21H,5-6,15-17H2,1-4H3,(H,26,30)/t21-/m1/s1. The number of amides is 2. The number of hydrogen-bond acceptors (Lipinski definition) is 4. The minimum Gasteiger partial charge on any atom is -0.354 e. The molecule has 180 valence electrons. The molecule has 0 saturated heterocycles. The van der Waals surface area contributed by atoms with Crippen LogP contribution in [0.1, 0.15) is 37.8 Å². The number of benzene rings is 2. The van der Waals surface area contributed by atoms with Crippen molar-refractivity contribution >= 4 is 39.1 Å². The molecule has 33 heavy (non-hydrogen) atoms. The van der Waals surface area contributed by atoms with Crippen LogP contribution in [0.2, 0.25) is 5.02 Å². The average molecular weight is 494 g/mol. The summed E-state index contributed by atoms with van der Waals surface area (Å²) in [6.45, 7) is 5.95. The Morgan fingerprint density at radius 3 is 2.24 bits per heavy atom. The monoisotopic (exact) mass is 493 g/mol. The van der Waals surface area contributed by atoms with Gasteiger partial charge in [-0.25, -0.2) is 8.42 Å². The first-order chi connectivity index (χ1) is 15.6. The lowest BCUT2D eigenvalue weighted by Crippen LogP contribution is -2.52. The van der Waals surface area contributed by atoms with Crippen molar-refractivity contribution in [1.29, 1.82) is 0 Å². The van der Waals surface area contributed by atoms with Crippen LogP contribution in [0.25, 0.3) is 0 Å². The topological polar surface area (TPSA) is 86.8 Å². The molecule has 1 atom stereocenters. The van der Waals surface area contributed by atoms with Gasteiger partial charge in [0.15, 0.2) is 0 Å². The summed E-state index contributed by atoms with van der Waals surface area (Å²) in [6.07, 6.45) is 2.18. The molecule has 2 aromatic rings. The van der Waals surface area contributed by atoms with Crippen molar-refractivity contribution in [2.75, 3.05) is 23.7 Å². The van der Waals surface area contributed by atoms with Gasteiger partial charge in [0.1, 0.15) is 12.6 Å². The summed E-state index contributed by atoms with van der Waals surface area (Å²) in [6, 6.07) is 13.4. The largest absolute Gasteiger partial charge is 0.354 e. The minimum atomic E-state index is -3.81. The fourth-order valence-electron chi connectivity index (χ4n) is 3.42. The summed E-state index contributed by atoms with van der Waals surface area (Å²) in [7, 11) is -3.81. The summed E-state index contributed by atoms with van der Waals surface area (Å²) < 4.78 is 26.1. The molecular formula is C24H32ClN3O4S. The number of aryl methyl sites for hydroxylation is 1. The van der Waals surface area contributed by atoms with Gasteiger partial charge >= 0.3 is 0 Å². The van der Waals surface area contributed by atoms with Gasteiger partial charge in [-0.15, -0.1) is 0 Å². The molecule has 0 aliphatic heterocycles. The van der Waals surface area contributed by atoms with E-state index in [4.69, 9.17) is 11.6 Å². The Balaban J connectivity index is 2.42. The molecule has 7 nitrogen and oxygen atoms in total. The molecule has 0 heterocycles. The van der Waals surface area contributed by atoms with E-state index in [1.54, 1.807) is 24.3 Å². The lowest BCUT2D eigenvalue weighted by Gasteiger charge is -2.33. The molecule has 0 saturated carbocycles. The second-order valence-electron chi connectivity index (χ2n) is 7.94. The van der Waals surface area contributed by atoms with Crippen LogP contribution in [-0.4, -0.2) is 50.5 Å². The maximum atomic E-state index is 13.5. The highest BCUT2D eigenvalue weighted by Gasteiger charge is 2.32. The first kappa shape index (κ1) is 26.7. The normalized spacial score (nSPS) is 12.2. The third-order valence-corrected chi connectivity index (χ3v) is 6.66. The Kier molecular flexibility index (Phi) is 9.73. The number of carbonyl (C=O) groups is 2. The van der Waals surface area contributed by atoms with E-state index < -0.39 is 28.5 Å². The van der Waals surface area contributed by atoms with E-state index in [1.807, 2.05) is 45.0 Å². The molecule has 0 unspecified atom stereocenters. The zero-order valence-corrected chi connectivity index (χ0v) is 21.1. The maximum absolute atomic E-state index is 13.5. The van der Waals surface area contributed by atoms with Crippen LogP contribution in [0.15, 0.2) is 48.5 Å². The van der Waals surface area contributed by atoms with Gasteiger partial charge in [0.05, 0.1) is 17.0 Å². The van der Waals surface area contributed by atoms with E-state index in [0.717, 1.165) is 28.1 Å². The van der Waals surface area contributed by atoms with E-state index >= 15 is 0 Å². The van der Waals surface area contributed by atoms with Crippen molar-refractivity contribution in [3.63, 3.8) is 0 Å². The van der Waals surface area contributed by atoms with Gasteiger partial charge in [-0.1, -0.05) is 67.4 Å². The van der Waals surface area contributed by atoms with Crippen LogP contribution in [0, 0.1) is 6.92 Å². The molecule has 0 aromatic heterocycles. The third kappa shape index (κ3) is 7.47. The number of nitrogens with zero attached hydrogens (tertiary/aromatic N) is 2. The third-order valence-electron chi connectivity index (χ3n) is 5.21. The highest BCUT2D eigenvalue weighted by atomic mass is 35.5. The Labute approximate surface area is 201 Å². The van der Waals surface area contributed by atoms with E-state index in [-0.39, 0.29) is 23.2 Å². The molecule has 0 aliphatic rings. The van der Waals surface area contributed by atoms with E-state index in [1.165, 1.54) is 4.90 Å². The van der Waals surface area contributed by atoms with Crippen LogP contribution in [0.5, 0.6) is 0 Å². The Morgan fingerprint density at radius 2 is 1.70 bits per heavy atom. The van der Waals surface area contributed by atoms with Crippen molar-refractivity contribution in [2.45, 2.75) is 46.2 Å². The van der Waals surface area contributed by atoms with Gasteiger partial charge in [0.2, 0.25) is 21.8 Å². The molecule has 0 spiro atoms. The van der Waals surface area contributed by atoms with E-state index in [9.17, 15) is 18.0 Å². The molecular weight excluding hydrogens is 462 g/mol. The summed E-state index contributed by atoms with van der Waals surface area (Å²) in [5, 5.41) is 3.07. The van der Waals surface area contributed by atoms with Crippen molar-refractivity contribution in [2.24, 2.45) is 0 Å². The van der Waals surface area contributed by atoms with E-state index in [0.29, 0.717) is 13.0 Å². The Hall–Kier alpha value is -2.58. The highest BCUT2D eigenvalue weighted by molar-refractivity contribution is 7.92. The number of anilines is 1. The summed E-state index contributed by atoms with van der Waals surface area (Å²) in [5.74, 6) is -0.747. The second kappa shape index (κ2) is 12.0. The molecule has 0 bridgehead atoms. The van der Waals surface area contributed by atoms with Crippen LogP contribution in [0.3, 0.4) is 0 Å². The number of rotatable bonds is 11. The average Bonchev–Trinajstić information content (AvgIpc) is 2.77. The van der Waals surface area contributed by atoms with Gasteiger partial charge in [-0.3, -0.25) is 13.9 Å². The SMILES string of the molecule is CCCNC(=O)[C@@H](CC)N(Cc1ccc(C)cc1)C(=O)CN(c1ccccc1Cl)S(C)(=O)=O. The molecule has 0 radical (unpaired) electrons. The summed E-state index contributed by atoms with van der Waals surface area (Å²) in [5.41, 5.74) is 2.14. The highest BCUT2D eigenvalue weighted by Crippen LogP contribution is 2.27. The summed E-state index contributed by atoms with van der Waals surface area (Å²) >= 11 is 6.23. The van der Waals surface area contributed by atoms with Crippen molar-refractivity contribution in [3.8, 4) is 0 Å². The zero-order chi connectivity index (χ0) is 24.6. The van der Waals surface area contributed by atoms with Gasteiger partial charge in [-0.2, -0.15) is 0 Å². The van der Waals surface area contributed by atoms with Crippen molar-refractivity contribution < 1.29 is 18.0 Å². The summed E-state index contributed by atoms with van der Waals surface area (Å²) in [4.78, 5) is 27.9. The van der Waals surface area contributed by atoms with Crippen molar-refractivity contribution in [3.05, 3.63) is 64.7 Å². The van der Waals surface area contributed by atoms with Gasteiger partial charge < -0.3 is 10.2 Å². The Morgan fingerprint density at radius 1 is 1.06 bits per heavy atom. The van der Waals surface area contributed by atoms with Crippen LogP contribution in [-0.2, 0) is 26.2 Å². The number of halogens is 1. The number of para-hydroxylation sites is 1. The van der Waals surface area contributed by atoms with Crippen LogP contribution >= 0.6 is 11.6 Å². The second-order valence-corrected chi connectivity index (χ2v) is 10.3. The smallest absolute Gasteiger partial charge is 0.244 e. The quantitative estimate of drug-likeness (QED) is 0.516. The lowest BCUT2D eigenvalue weighted by molar-refractivity contribution is -0.140. The molecule has 2 aromatic carbocycles. The van der Waals surface area contributed by atoms with Crippen LogP contribution < -0.4 is 9.62 Å². The molecule has 0 aliphatic carbocycles. The fraction of sp³-hybridized carbons (Fsp3) is 0.417. The molecule has 2 amide bonds.